The summed E-state index contributed by atoms with van der Waals surface area (Å²) in [7, 11) is 0. The molecule has 1 atom stereocenters. The molecule has 0 saturated heterocycles. The van der Waals surface area contributed by atoms with Crippen LogP contribution in [0.5, 0.6) is 11.5 Å². The maximum atomic E-state index is 15.6. The number of halogens is 1. The van der Waals surface area contributed by atoms with Crippen molar-refractivity contribution < 1.29 is 13.9 Å². The molecule has 1 amide bonds. The molecule has 6 rings (SSSR count). The van der Waals surface area contributed by atoms with Crippen molar-refractivity contribution in [3.63, 3.8) is 0 Å². The summed E-state index contributed by atoms with van der Waals surface area (Å²) in [5.74, 6) is 1.26. The average molecular weight is 566 g/mol. The Kier molecular flexibility index (Phi) is 7.26. The van der Waals surface area contributed by atoms with E-state index in [4.69, 9.17) is 9.72 Å². The second-order valence-electron chi connectivity index (χ2n) is 9.88. The van der Waals surface area contributed by atoms with Gasteiger partial charge in [-0.25, -0.2) is 33.8 Å². The Morgan fingerprint density at radius 1 is 1.19 bits per heavy atom. The number of nitrogens with one attached hydrogen (secondary N) is 1. The van der Waals surface area contributed by atoms with Crippen LogP contribution in [-0.4, -0.2) is 57.9 Å². The summed E-state index contributed by atoms with van der Waals surface area (Å²) in [6, 6.07) is 6.63. The lowest BCUT2D eigenvalue weighted by molar-refractivity contribution is -0.127. The molecule has 5 heterocycles. The van der Waals surface area contributed by atoms with Crippen molar-refractivity contribution >= 4 is 39.7 Å². The van der Waals surface area contributed by atoms with Gasteiger partial charge in [0, 0.05) is 30.4 Å². The third-order valence-electron chi connectivity index (χ3n) is 7.07. The lowest BCUT2D eigenvalue weighted by Gasteiger charge is -2.31. The molecule has 0 saturated carbocycles. The fourth-order valence-electron chi connectivity index (χ4n) is 4.81. The first-order valence-electron chi connectivity index (χ1n) is 13.6. The number of anilines is 2. The molecular weight excluding hydrogens is 537 g/mol. The largest absolute Gasteiger partial charge is 0.457 e. The van der Waals surface area contributed by atoms with Crippen LogP contribution < -0.4 is 10.1 Å². The fourth-order valence-corrected chi connectivity index (χ4v) is 4.81. The summed E-state index contributed by atoms with van der Waals surface area (Å²) >= 11 is 0. The average Bonchev–Trinajstić information content (AvgIpc) is 3.47. The summed E-state index contributed by atoms with van der Waals surface area (Å²) in [4.78, 5) is 36.4. The van der Waals surface area contributed by atoms with Crippen molar-refractivity contribution in [1.82, 2.24) is 39.4 Å². The van der Waals surface area contributed by atoms with Gasteiger partial charge in [-0.15, -0.1) is 0 Å². The molecule has 42 heavy (non-hydrogen) atoms. The quantitative estimate of drug-likeness (QED) is 0.258. The third-order valence-corrected chi connectivity index (χ3v) is 7.07. The van der Waals surface area contributed by atoms with Gasteiger partial charge in [0.25, 0.3) is 0 Å². The molecule has 0 spiro atoms. The Morgan fingerprint density at radius 3 is 2.90 bits per heavy atom. The number of carbonyl (C=O) groups is 1. The van der Waals surface area contributed by atoms with Gasteiger partial charge in [-0.3, -0.25) is 4.79 Å². The van der Waals surface area contributed by atoms with E-state index in [0.717, 1.165) is 12.0 Å². The smallest absolute Gasteiger partial charge is 0.246 e. The summed E-state index contributed by atoms with van der Waals surface area (Å²) in [5.41, 5.74) is 3.06. The van der Waals surface area contributed by atoms with Crippen molar-refractivity contribution in [1.29, 1.82) is 0 Å². The van der Waals surface area contributed by atoms with Gasteiger partial charge in [0.1, 0.15) is 35.2 Å². The van der Waals surface area contributed by atoms with Crippen LogP contribution in [0.1, 0.15) is 38.1 Å². The number of pyridine rings is 1. The Hall–Kier alpha value is -5.26. The molecule has 0 aliphatic carbocycles. The van der Waals surface area contributed by atoms with E-state index in [1.165, 1.54) is 12.7 Å². The number of benzene rings is 1. The molecule has 1 aromatic carbocycles. The Balaban J connectivity index is 1.25. The Labute approximate surface area is 240 Å². The van der Waals surface area contributed by atoms with Crippen molar-refractivity contribution in [2.45, 2.75) is 39.7 Å². The molecule has 1 unspecified atom stereocenters. The van der Waals surface area contributed by atoms with E-state index >= 15 is 4.39 Å². The predicted molar refractivity (Wildman–Crippen MR) is 156 cm³/mol. The van der Waals surface area contributed by atoms with Gasteiger partial charge in [0.05, 0.1) is 11.9 Å². The summed E-state index contributed by atoms with van der Waals surface area (Å²) < 4.78 is 23.1. The van der Waals surface area contributed by atoms with Crippen molar-refractivity contribution in [2.75, 3.05) is 11.9 Å². The molecular formula is C30H28FN9O2. The van der Waals surface area contributed by atoms with Crippen LogP contribution in [0.15, 0.2) is 67.5 Å². The molecule has 212 valence electrons. The zero-order valence-corrected chi connectivity index (χ0v) is 23.3. The molecule has 0 fully saturated rings. The highest BCUT2D eigenvalue weighted by atomic mass is 19.1. The number of hydrogen-bond acceptors (Lipinski definition) is 9. The highest BCUT2D eigenvalue weighted by Crippen LogP contribution is 2.33. The first-order valence-corrected chi connectivity index (χ1v) is 13.6. The van der Waals surface area contributed by atoms with E-state index in [2.05, 4.69) is 30.4 Å². The maximum absolute atomic E-state index is 15.6. The lowest BCUT2D eigenvalue weighted by atomic mass is 10.0. The molecule has 11 nitrogen and oxygen atoms in total. The number of nitrogens with zero attached hydrogens (tertiary/aromatic N) is 8. The third kappa shape index (κ3) is 5.26. The van der Waals surface area contributed by atoms with E-state index < -0.39 is 5.82 Å². The van der Waals surface area contributed by atoms with E-state index in [1.54, 1.807) is 54.2 Å². The lowest BCUT2D eigenvalue weighted by Crippen LogP contribution is -2.40. The number of rotatable bonds is 7. The molecule has 4 aromatic heterocycles. The van der Waals surface area contributed by atoms with Gasteiger partial charge in [0.15, 0.2) is 23.1 Å². The molecule has 1 aliphatic rings. The molecule has 0 radical (unpaired) electrons. The van der Waals surface area contributed by atoms with Crippen LogP contribution in [-0.2, 0) is 4.79 Å². The number of aromatic nitrogens is 7. The molecule has 1 N–H and O–H groups in total. The summed E-state index contributed by atoms with van der Waals surface area (Å²) in [5, 5.41) is 7.14. The highest BCUT2D eigenvalue weighted by Gasteiger charge is 2.24. The van der Waals surface area contributed by atoms with Crippen LogP contribution in [0.3, 0.4) is 0 Å². The first-order chi connectivity index (χ1) is 20.4. The highest BCUT2D eigenvalue weighted by molar-refractivity contribution is 5.89. The maximum Gasteiger partial charge on any atom is 0.246 e. The monoisotopic (exact) mass is 565 g/mol. The standard InChI is InChI=1S/C30H28FN9O2/c1-4-5-6-26(41)39-11-9-20(13-18(39)2)29-32-15-23-28(38-29)30(35-16-33-23)37-22-7-8-24(19(3)27(22)31)42-21-10-12-40-25(14-21)34-17-36-40/h5-8,10,12-18H,4,9,11H2,1-3H3,(H,33,35,37)/b6-5+. The molecule has 1 aliphatic heterocycles. The topological polar surface area (TPSA) is 123 Å². The van der Waals surface area contributed by atoms with Crippen LogP contribution in [0.25, 0.3) is 22.3 Å². The molecule has 0 bridgehead atoms. The van der Waals surface area contributed by atoms with Gasteiger partial charge in [-0.1, -0.05) is 19.1 Å². The first kappa shape index (κ1) is 26.9. The van der Waals surface area contributed by atoms with E-state index in [1.807, 2.05) is 30.9 Å². The van der Waals surface area contributed by atoms with Gasteiger partial charge in [-0.05, 0) is 56.5 Å². The van der Waals surface area contributed by atoms with Crippen LogP contribution in [0.4, 0.5) is 15.9 Å². The number of carbonyl (C=O) groups excluding carboxylic acids is 1. The zero-order valence-electron chi connectivity index (χ0n) is 23.3. The number of allylic oxidation sites excluding steroid dienone is 1. The number of hydrogen-bond donors (Lipinski definition) is 1. The van der Waals surface area contributed by atoms with Gasteiger partial charge in [-0.2, -0.15) is 5.10 Å². The fraction of sp³-hybridized carbons (Fsp3) is 0.233. The second-order valence-corrected chi connectivity index (χ2v) is 9.88. The van der Waals surface area contributed by atoms with Crippen molar-refractivity contribution in [2.24, 2.45) is 0 Å². The minimum absolute atomic E-state index is 0.0101. The van der Waals surface area contributed by atoms with E-state index in [-0.39, 0.29) is 17.6 Å². The Bertz CT molecular complexity index is 1870. The van der Waals surface area contributed by atoms with Gasteiger partial charge >= 0.3 is 0 Å². The number of fused-ring (bicyclic) bond motifs is 2. The minimum atomic E-state index is -0.484. The summed E-state index contributed by atoms with van der Waals surface area (Å²) in [6.45, 7) is 6.17. The van der Waals surface area contributed by atoms with Crippen LogP contribution in [0.2, 0.25) is 0 Å². The van der Waals surface area contributed by atoms with E-state index in [0.29, 0.717) is 58.4 Å². The van der Waals surface area contributed by atoms with Crippen molar-refractivity contribution in [3.05, 3.63) is 84.7 Å². The normalized spacial score (nSPS) is 15.4. The Morgan fingerprint density at radius 2 is 2.07 bits per heavy atom. The van der Waals surface area contributed by atoms with Crippen molar-refractivity contribution in [3.8, 4) is 11.5 Å². The number of ether oxygens (including phenoxy) is 1. The zero-order chi connectivity index (χ0) is 29.2. The van der Waals surface area contributed by atoms with E-state index in [9.17, 15) is 4.79 Å². The number of amides is 1. The van der Waals surface area contributed by atoms with Gasteiger partial charge < -0.3 is 15.0 Å². The predicted octanol–water partition coefficient (Wildman–Crippen LogP) is 5.42. The second kappa shape index (κ2) is 11.3. The summed E-state index contributed by atoms with van der Waals surface area (Å²) in [6.07, 6.45) is 13.1. The van der Waals surface area contributed by atoms with Gasteiger partial charge in [0.2, 0.25) is 5.91 Å². The molecule has 12 heteroatoms. The SMILES string of the molecule is CC/C=C/C(=O)N1CCC(c2ncc3ncnc(Nc4ccc(Oc5ccn6ncnc6c5)c(C)c4F)c3n2)=CC1C. The molecule has 5 aromatic rings. The van der Waals surface area contributed by atoms with Crippen LogP contribution >= 0.6 is 0 Å². The van der Waals surface area contributed by atoms with Crippen LogP contribution in [0, 0.1) is 12.7 Å². The minimum Gasteiger partial charge on any atom is -0.457 e.